The van der Waals surface area contributed by atoms with Gasteiger partial charge in [-0.05, 0) is 48.0 Å². The fourth-order valence-corrected chi connectivity index (χ4v) is 7.07. The van der Waals surface area contributed by atoms with E-state index in [1.54, 1.807) is 0 Å². The fraction of sp³-hybridized carbons (Fsp3) is 0.111. The highest BCUT2D eigenvalue weighted by Gasteiger charge is 2.39. The second-order valence-electron chi connectivity index (χ2n) is 11.1. The highest BCUT2D eigenvalue weighted by molar-refractivity contribution is 5.88. The molecule has 2 aliphatic carbocycles. The summed E-state index contributed by atoms with van der Waals surface area (Å²) in [5.41, 5.74) is 7.07. The summed E-state index contributed by atoms with van der Waals surface area (Å²) in [6.45, 7) is 0. The minimum Gasteiger partial charge on any atom is -0.333 e. The van der Waals surface area contributed by atoms with E-state index >= 15 is 0 Å². The van der Waals surface area contributed by atoms with Crippen molar-refractivity contribution < 1.29 is 0 Å². The standard InChI is InChI=1S/C36H27N5/c1-4-16-32-25(10-1)23-38-41(32)40-34-18-6-3-14-28(34)30-21-29-27-13-2-5-17-33(27)39(35(29)22-36(30)40)26-12-9-11-24(20-26)31-15-7-8-19-37-31/h1-23,25,29,32,35H. The topological polar surface area (TPSA) is 36.7 Å². The molecule has 0 fully saturated rings. The van der Waals surface area contributed by atoms with Crippen LogP contribution in [0.2, 0.25) is 0 Å². The van der Waals surface area contributed by atoms with Crippen molar-refractivity contribution in [1.29, 1.82) is 0 Å². The first kappa shape index (κ1) is 22.6. The molecule has 5 aromatic rings. The van der Waals surface area contributed by atoms with Gasteiger partial charge in [0.15, 0.2) is 0 Å². The van der Waals surface area contributed by atoms with Crippen molar-refractivity contribution in [3.05, 3.63) is 138 Å². The van der Waals surface area contributed by atoms with Crippen molar-refractivity contribution in [2.24, 2.45) is 11.0 Å². The summed E-state index contributed by atoms with van der Waals surface area (Å²) in [5.74, 6) is 0.516. The molecule has 0 N–H and O–H groups in total. The molecule has 0 radical (unpaired) electrons. The largest absolute Gasteiger partial charge is 0.333 e. The molecule has 3 aromatic carbocycles. The van der Waals surface area contributed by atoms with Crippen molar-refractivity contribution >= 4 is 40.6 Å². The van der Waals surface area contributed by atoms with E-state index in [2.05, 4.69) is 141 Å². The second kappa shape index (κ2) is 8.67. The number of benzene rings is 3. The summed E-state index contributed by atoms with van der Waals surface area (Å²) in [6, 6.07) is 32.8. The molecule has 0 saturated carbocycles. The molecule has 5 nitrogen and oxygen atoms in total. The Kier molecular flexibility index (Phi) is 4.79. The lowest BCUT2D eigenvalue weighted by atomic mass is 9.90. The predicted molar refractivity (Wildman–Crippen MR) is 167 cm³/mol. The van der Waals surface area contributed by atoms with E-state index in [0.29, 0.717) is 0 Å². The van der Waals surface area contributed by atoms with Crippen molar-refractivity contribution in [2.75, 3.05) is 10.0 Å². The molecule has 4 atom stereocenters. The number of anilines is 2. The number of hydrogen-bond acceptors (Lipinski definition) is 4. The zero-order valence-electron chi connectivity index (χ0n) is 22.3. The smallest absolute Gasteiger partial charge is 0.0996 e. The molecular formula is C36H27N5. The van der Waals surface area contributed by atoms with E-state index in [4.69, 9.17) is 5.10 Å². The van der Waals surface area contributed by atoms with Gasteiger partial charge in [0.1, 0.15) is 0 Å². The Morgan fingerprint density at radius 3 is 2.56 bits per heavy atom. The lowest BCUT2D eigenvalue weighted by Gasteiger charge is -2.30. The second-order valence-corrected chi connectivity index (χ2v) is 11.1. The fourth-order valence-electron chi connectivity index (χ4n) is 7.07. The van der Waals surface area contributed by atoms with Gasteiger partial charge < -0.3 is 4.90 Å². The summed E-state index contributed by atoms with van der Waals surface area (Å²) in [7, 11) is 0. The molecule has 0 spiro atoms. The predicted octanol–water partition coefficient (Wildman–Crippen LogP) is 5.63. The molecule has 4 aliphatic rings. The van der Waals surface area contributed by atoms with Crippen molar-refractivity contribution in [3.8, 4) is 11.3 Å². The third kappa shape index (κ3) is 3.29. The average Bonchev–Trinajstić information content (AvgIpc) is 3.70. The summed E-state index contributed by atoms with van der Waals surface area (Å²) in [6.07, 6.45) is 17.6. The first-order valence-corrected chi connectivity index (χ1v) is 14.3. The van der Waals surface area contributed by atoms with Gasteiger partial charge in [0, 0.05) is 51.8 Å². The SMILES string of the molecule is C1=CC2C=NN(n3c4c(c5ccccc53)=CC3c5ccccc5N(c5cccc(-c6ccccn6)c5)C3C=4)C2C=C1. The number of hydrogen-bond donors (Lipinski definition) is 0. The number of aromatic nitrogens is 2. The number of pyridine rings is 1. The molecule has 41 heavy (non-hydrogen) atoms. The van der Waals surface area contributed by atoms with Gasteiger partial charge in [0.25, 0.3) is 0 Å². The Hall–Kier alpha value is -5.16. The number of hydrazone groups is 1. The van der Waals surface area contributed by atoms with Crippen LogP contribution in [-0.2, 0) is 0 Å². The van der Waals surface area contributed by atoms with Crippen molar-refractivity contribution in [3.63, 3.8) is 0 Å². The Bertz CT molecular complexity index is 2050. The van der Waals surface area contributed by atoms with Crippen LogP contribution in [0.4, 0.5) is 11.4 Å². The van der Waals surface area contributed by atoms with E-state index < -0.39 is 0 Å². The van der Waals surface area contributed by atoms with Gasteiger partial charge in [-0.15, -0.1) is 0 Å². The maximum Gasteiger partial charge on any atom is 0.0996 e. The van der Waals surface area contributed by atoms with Crippen LogP contribution in [0, 0.1) is 5.92 Å². The first-order chi connectivity index (χ1) is 20.3. The molecule has 0 saturated heterocycles. The van der Waals surface area contributed by atoms with E-state index in [-0.39, 0.29) is 23.9 Å². The van der Waals surface area contributed by atoms with Gasteiger partial charge in [0.05, 0.1) is 28.6 Å². The maximum absolute atomic E-state index is 4.94. The minimum absolute atomic E-state index is 0.131. The lowest BCUT2D eigenvalue weighted by molar-refractivity contribution is 0.546. The number of allylic oxidation sites excluding steroid dienone is 2. The van der Waals surface area contributed by atoms with Crippen LogP contribution in [0.25, 0.3) is 34.3 Å². The average molecular weight is 530 g/mol. The zero-order chi connectivity index (χ0) is 26.9. The van der Waals surface area contributed by atoms with Crippen molar-refractivity contribution in [2.45, 2.75) is 18.0 Å². The van der Waals surface area contributed by atoms with Crippen LogP contribution in [0.1, 0.15) is 11.5 Å². The van der Waals surface area contributed by atoms with Crippen LogP contribution in [0.5, 0.6) is 0 Å². The van der Waals surface area contributed by atoms with Gasteiger partial charge >= 0.3 is 0 Å². The zero-order valence-corrected chi connectivity index (χ0v) is 22.3. The molecule has 0 bridgehead atoms. The number of rotatable bonds is 3. The van der Waals surface area contributed by atoms with Gasteiger partial charge in [-0.1, -0.05) is 85.0 Å². The maximum atomic E-state index is 4.94. The highest BCUT2D eigenvalue weighted by atomic mass is 15.7. The lowest BCUT2D eigenvalue weighted by Crippen LogP contribution is -2.48. The Morgan fingerprint density at radius 1 is 0.732 bits per heavy atom. The highest BCUT2D eigenvalue weighted by Crippen LogP contribution is 2.47. The van der Waals surface area contributed by atoms with Crippen LogP contribution in [0.15, 0.2) is 127 Å². The van der Waals surface area contributed by atoms with Gasteiger partial charge in [0.2, 0.25) is 0 Å². The molecule has 0 amide bonds. The minimum atomic E-state index is 0.131. The summed E-state index contributed by atoms with van der Waals surface area (Å²) in [4.78, 5) is 7.13. The van der Waals surface area contributed by atoms with Crippen LogP contribution >= 0.6 is 0 Å². The number of fused-ring (bicyclic) bond motifs is 7. The molecule has 2 aromatic heterocycles. The molecule has 2 aliphatic heterocycles. The monoisotopic (exact) mass is 529 g/mol. The van der Waals surface area contributed by atoms with E-state index in [1.807, 2.05) is 18.3 Å². The summed E-state index contributed by atoms with van der Waals surface area (Å²) >= 11 is 0. The molecule has 9 rings (SSSR count). The molecule has 4 heterocycles. The van der Waals surface area contributed by atoms with Crippen LogP contribution in [-0.4, -0.2) is 28.0 Å². The van der Waals surface area contributed by atoms with E-state index in [9.17, 15) is 0 Å². The molecule has 196 valence electrons. The molecule has 4 unspecified atom stereocenters. The number of para-hydroxylation sites is 2. The van der Waals surface area contributed by atoms with E-state index in [1.165, 1.54) is 38.4 Å². The first-order valence-electron chi connectivity index (χ1n) is 14.3. The van der Waals surface area contributed by atoms with Crippen LogP contribution < -0.4 is 20.6 Å². The Balaban J connectivity index is 1.26. The van der Waals surface area contributed by atoms with Gasteiger partial charge in [-0.25, -0.2) is 4.68 Å². The Morgan fingerprint density at radius 2 is 1.61 bits per heavy atom. The molecular weight excluding hydrogens is 502 g/mol. The Labute approximate surface area is 238 Å². The summed E-state index contributed by atoms with van der Waals surface area (Å²) < 4.78 is 2.34. The van der Waals surface area contributed by atoms with Gasteiger partial charge in [-0.2, -0.15) is 10.2 Å². The van der Waals surface area contributed by atoms with Crippen molar-refractivity contribution in [1.82, 2.24) is 9.66 Å². The quantitative estimate of drug-likeness (QED) is 0.304. The van der Waals surface area contributed by atoms with E-state index in [0.717, 1.165) is 11.3 Å². The third-order valence-corrected chi connectivity index (χ3v) is 8.88. The third-order valence-electron chi connectivity index (χ3n) is 8.88. The van der Waals surface area contributed by atoms with Crippen LogP contribution in [0.3, 0.4) is 0 Å². The van der Waals surface area contributed by atoms with Gasteiger partial charge in [-0.3, -0.25) is 4.98 Å². The summed E-state index contributed by atoms with van der Waals surface area (Å²) in [5, 5.41) is 10.9. The molecule has 5 heteroatoms. The number of nitrogens with zero attached hydrogens (tertiary/aromatic N) is 5. The normalized spacial score (nSPS) is 23.1.